The molecule has 0 saturated heterocycles. The second-order valence-electron chi connectivity index (χ2n) is 6.09. The lowest BCUT2D eigenvalue weighted by Crippen LogP contribution is -2.07. The summed E-state index contributed by atoms with van der Waals surface area (Å²) in [5.41, 5.74) is 3.42. The van der Waals surface area contributed by atoms with Gasteiger partial charge in [-0.3, -0.25) is 0 Å². The van der Waals surface area contributed by atoms with Crippen molar-refractivity contribution >= 4 is 12.6 Å². The van der Waals surface area contributed by atoms with E-state index in [0.29, 0.717) is 50.8 Å². The minimum Gasteiger partial charge on any atom is -0.491 e. The first kappa shape index (κ1) is 21.6. The molecular weight excluding hydrogens is 360 g/mol. The molecule has 6 heteroatoms. The molecule has 0 fully saturated rings. The van der Waals surface area contributed by atoms with Crippen LogP contribution < -0.4 is 9.47 Å². The van der Waals surface area contributed by atoms with E-state index in [1.807, 2.05) is 36.4 Å². The SMILES string of the molecule is COCCOc1cc(CC=O)ccc1-c1ccc(CC=O)cc1OCCOC. The maximum atomic E-state index is 10.9. The van der Waals surface area contributed by atoms with Gasteiger partial charge in [-0.15, -0.1) is 0 Å². The number of hydrogen-bond donors (Lipinski definition) is 0. The Bertz CT molecular complexity index is 706. The number of hydrogen-bond acceptors (Lipinski definition) is 6. The van der Waals surface area contributed by atoms with Crippen LogP contribution in [0.15, 0.2) is 36.4 Å². The van der Waals surface area contributed by atoms with Crippen molar-refractivity contribution < 1.29 is 28.5 Å². The van der Waals surface area contributed by atoms with Crippen molar-refractivity contribution in [3.63, 3.8) is 0 Å². The van der Waals surface area contributed by atoms with Crippen molar-refractivity contribution in [2.75, 3.05) is 40.6 Å². The van der Waals surface area contributed by atoms with Crippen molar-refractivity contribution in [1.82, 2.24) is 0 Å². The van der Waals surface area contributed by atoms with Crippen molar-refractivity contribution in [3.05, 3.63) is 47.5 Å². The molecule has 28 heavy (non-hydrogen) atoms. The molecule has 6 nitrogen and oxygen atoms in total. The van der Waals surface area contributed by atoms with Crippen LogP contribution >= 0.6 is 0 Å². The molecule has 0 heterocycles. The zero-order valence-corrected chi connectivity index (χ0v) is 16.3. The van der Waals surface area contributed by atoms with Crippen molar-refractivity contribution in [1.29, 1.82) is 0 Å². The molecule has 0 radical (unpaired) electrons. The third-order valence-electron chi connectivity index (χ3n) is 4.11. The van der Waals surface area contributed by atoms with Crippen LogP contribution in [0.4, 0.5) is 0 Å². The molecule has 0 N–H and O–H groups in total. The highest BCUT2D eigenvalue weighted by atomic mass is 16.5. The lowest BCUT2D eigenvalue weighted by Gasteiger charge is -2.17. The number of rotatable bonds is 13. The quantitative estimate of drug-likeness (QED) is 0.389. The summed E-state index contributed by atoms with van der Waals surface area (Å²) in [6.45, 7) is 1.67. The van der Waals surface area contributed by atoms with Gasteiger partial charge < -0.3 is 28.5 Å². The van der Waals surface area contributed by atoms with E-state index >= 15 is 0 Å². The first-order valence-corrected chi connectivity index (χ1v) is 9.10. The van der Waals surface area contributed by atoms with E-state index in [9.17, 15) is 9.59 Å². The summed E-state index contributed by atoms with van der Waals surface area (Å²) in [6, 6.07) is 11.3. The third kappa shape index (κ3) is 6.18. The van der Waals surface area contributed by atoms with Gasteiger partial charge in [0.1, 0.15) is 37.3 Å². The normalized spacial score (nSPS) is 10.5. The summed E-state index contributed by atoms with van der Waals surface area (Å²) in [6.07, 6.45) is 2.36. The van der Waals surface area contributed by atoms with E-state index < -0.39 is 0 Å². The molecule has 0 spiro atoms. The predicted octanol–water partition coefficient (Wildman–Crippen LogP) is 2.89. The van der Waals surface area contributed by atoms with Gasteiger partial charge in [0.2, 0.25) is 0 Å². The van der Waals surface area contributed by atoms with Crippen molar-refractivity contribution in [2.24, 2.45) is 0 Å². The molecule has 2 rings (SSSR count). The summed E-state index contributed by atoms with van der Waals surface area (Å²) in [5.74, 6) is 1.30. The largest absolute Gasteiger partial charge is 0.491 e. The van der Waals surface area contributed by atoms with Gasteiger partial charge >= 0.3 is 0 Å². The van der Waals surface area contributed by atoms with Crippen LogP contribution in [-0.4, -0.2) is 53.2 Å². The molecule has 0 unspecified atom stereocenters. The smallest absolute Gasteiger partial charge is 0.127 e. The van der Waals surface area contributed by atoms with Crippen LogP contribution in [0.1, 0.15) is 11.1 Å². The minimum atomic E-state index is 0.316. The standard InChI is InChI=1S/C22H26O6/c1-25-11-13-27-21-15-17(7-9-23)3-5-19(21)20-6-4-18(8-10-24)16-22(20)28-14-12-26-2/h3-6,9-10,15-16H,7-8,11-14H2,1-2H3. The number of benzene rings is 2. The van der Waals surface area contributed by atoms with Gasteiger partial charge in [-0.05, 0) is 23.3 Å². The fourth-order valence-corrected chi connectivity index (χ4v) is 2.73. The molecule has 0 atom stereocenters. The zero-order valence-electron chi connectivity index (χ0n) is 16.3. The van der Waals surface area contributed by atoms with Gasteiger partial charge in [-0.25, -0.2) is 0 Å². The molecular formula is C22H26O6. The number of methoxy groups -OCH3 is 2. The molecule has 0 aliphatic carbocycles. The Balaban J connectivity index is 2.44. The molecule has 0 aliphatic rings. The number of ether oxygens (including phenoxy) is 4. The van der Waals surface area contributed by atoms with Gasteiger partial charge in [0.25, 0.3) is 0 Å². The predicted molar refractivity (Wildman–Crippen MR) is 106 cm³/mol. The fraction of sp³-hybridized carbons (Fsp3) is 0.364. The summed E-state index contributed by atoms with van der Waals surface area (Å²) in [4.78, 5) is 21.8. The zero-order chi connectivity index (χ0) is 20.2. The first-order valence-electron chi connectivity index (χ1n) is 9.10. The van der Waals surface area contributed by atoms with Gasteiger partial charge in [0.05, 0.1) is 13.2 Å². The van der Waals surface area contributed by atoms with Crippen LogP contribution in [0.2, 0.25) is 0 Å². The third-order valence-corrected chi connectivity index (χ3v) is 4.11. The molecule has 2 aromatic carbocycles. The Hall–Kier alpha value is -2.70. The summed E-state index contributed by atoms with van der Waals surface area (Å²) in [7, 11) is 3.22. The highest BCUT2D eigenvalue weighted by Gasteiger charge is 2.14. The monoisotopic (exact) mass is 386 g/mol. The molecule has 0 bridgehead atoms. The Kier molecular flexibility index (Phi) is 9.18. The van der Waals surface area contributed by atoms with Crippen molar-refractivity contribution in [3.8, 4) is 22.6 Å². The van der Waals surface area contributed by atoms with Gasteiger partial charge in [-0.1, -0.05) is 24.3 Å². The van der Waals surface area contributed by atoms with Crippen LogP contribution in [0.3, 0.4) is 0 Å². The van der Waals surface area contributed by atoms with E-state index in [4.69, 9.17) is 18.9 Å². The number of aldehydes is 2. The second-order valence-corrected chi connectivity index (χ2v) is 6.09. The van der Waals surface area contributed by atoms with Crippen LogP contribution in [0.5, 0.6) is 11.5 Å². The van der Waals surface area contributed by atoms with Gasteiger partial charge in [-0.2, -0.15) is 0 Å². The van der Waals surface area contributed by atoms with Crippen LogP contribution in [0, 0.1) is 0 Å². The molecule has 150 valence electrons. The molecule has 2 aromatic rings. The highest BCUT2D eigenvalue weighted by Crippen LogP contribution is 2.38. The average molecular weight is 386 g/mol. The van der Waals surface area contributed by atoms with E-state index in [-0.39, 0.29) is 0 Å². The Morgan fingerprint density at radius 1 is 0.679 bits per heavy atom. The summed E-state index contributed by atoms with van der Waals surface area (Å²) >= 11 is 0. The van der Waals surface area contributed by atoms with Crippen molar-refractivity contribution in [2.45, 2.75) is 12.8 Å². The van der Waals surface area contributed by atoms with Crippen LogP contribution in [0.25, 0.3) is 11.1 Å². The average Bonchev–Trinajstić information content (AvgIpc) is 2.70. The lowest BCUT2D eigenvalue weighted by molar-refractivity contribution is -0.108. The van der Waals surface area contributed by atoms with E-state index in [2.05, 4.69) is 0 Å². The van der Waals surface area contributed by atoms with Gasteiger partial charge in [0.15, 0.2) is 0 Å². The first-order chi connectivity index (χ1) is 13.7. The fourth-order valence-electron chi connectivity index (χ4n) is 2.73. The minimum absolute atomic E-state index is 0.316. The Morgan fingerprint density at radius 2 is 1.11 bits per heavy atom. The Labute approximate surface area is 165 Å². The maximum absolute atomic E-state index is 10.9. The van der Waals surface area contributed by atoms with Crippen LogP contribution in [-0.2, 0) is 31.9 Å². The number of carbonyl (C=O) groups is 2. The molecule has 0 amide bonds. The molecule has 0 aromatic heterocycles. The highest BCUT2D eigenvalue weighted by molar-refractivity contribution is 5.77. The topological polar surface area (TPSA) is 71.1 Å². The van der Waals surface area contributed by atoms with Gasteiger partial charge in [0, 0.05) is 38.2 Å². The molecule has 0 saturated carbocycles. The molecule has 0 aliphatic heterocycles. The summed E-state index contributed by atoms with van der Waals surface area (Å²) in [5, 5.41) is 0. The lowest BCUT2D eigenvalue weighted by atomic mass is 9.98. The number of carbonyl (C=O) groups excluding carboxylic acids is 2. The summed E-state index contributed by atoms with van der Waals surface area (Å²) < 4.78 is 21.9. The van der Waals surface area contributed by atoms with E-state index in [1.54, 1.807) is 14.2 Å². The van der Waals surface area contributed by atoms with E-state index in [0.717, 1.165) is 34.8 Å². The Morgan fingerprint density at radius 3 is 1.46 bits per heavy atom. The van der Waals surface area contributed by atoms with E-state index in [1.165, 1.54) is 0 Å². The maximum Gasteiger partial charge on any atom is 0.127 e. The second kappa shape index (κ2) is 11.9.